The first-order valence-corrected chi connectivity index (χ1v) is 4.59. The van der Waals surface area contributed by atoms with E-state index in [1.165, 1.54) is 0 Å². The molecule has 0 aromatic carbocycles. The van der Waals surface area contributed by atoms with Gasteiger partial charge in [0.25, 0.3) is 0 Å². The van der Waals surface area contributed by atoms with Crippen LogP contribution in [0, 0.1) is 5.41 Å². The summed E-state index contributed by atoms with van der Waals surface area (Å²) in [5.41, 5.74) is -0.0775. The molecule has 0 aromatic heterocycles. The summed E-state index contributed by atoms with van der Waals surface area (Å²) in [6.07, 6.45) is 0.243. The van der Waals surface area contributed by atoms with Gasteiger partial charge in [-0.3, -0.25) is 4.79 Å². The summed E-state index contributed by atoms with van der Waals surface area (Å²) in [4.78, 5) is 10.0. The van der Waals surface area contributed by atoms with Crippen molar-refractivity contribution in [1.82, 2.24) is 0 Å². The first-order chi connectivity index (χ1) is 5.15. The van der Waals surface area contributed by atoms with Gasteiger partial charge in [-0.15, -0.1) is 25.3 Å². The number of thiol groups is 2. The quantitative estimate of drug-likeness (QED) is 0.475. The van der Waals surface area contributed by atoms with Gasteiger partial charge in [-0.2, -0.15) is 0 Å². The fourth-order valence-corrected chi connectivity index (χ4v) is 0.454. The van der Waals surface area contributed by atoms with E-state index in [2.05, 4.69) is 37.5 Å². The number of rotatable bonds is 1. The number of hydrogen-bond acceptors (Lipinski definition) is 2. The van der Waals surface area contributed by atoms with E-state index >= 15 is 0 Å². The lowest BCUT2D eigenvalue weighted by atomic mass is 9.93. The topological polar surface area (TPSA) is 37.3 Å². The van der Waals surface area contributed by atoms with Crippen LogP contribution in [-0.2, 0) is 4.79 Å². The number of thiocarbonyl (C=S) groups is 1. The summed E-state index contributed by atoms with van der Waals surface area (Å²) >= 11 is 11.4. The van der Waals surface area contributed by atoms with Gasteiger partial charge in [-0.1, -0.05) is 33.0 Å². The van der Waals surface area contributed by atoms with Crippen LogP contribution >= 0.6 is 37.5 Å². The number of carbonyl (C=O) groups is 1. The minimum atomic E-state index is -0.725. The summed E-state index contributed by atoms with van der Waals surface area (Å²) < 4.78 is 0.389. The van der Waals surface area contributed by atoms with Crippen molar-refractivity contribution in [2.45, 2.75) is 27.2 Å². The maximum absolute atomic E-state index is 10.0. The molecule has 72 valence electrons. The largest absolute Gasteiger partial charge is 0.481 e. The van der Waals surface area contributed by atoms with Crippen LogP contribution in [0.15, 0.2) is 0 Å². The molecule has 12 heavy (non-hydrogen) atoms. The van der Waals surface area contributed by atoms with Gasteiger partial charge in [0.15, 0.2) is 0 Å². The fraction of sp³-hybridized carbons (Fsp3) is 0.714. The van der Waals surface area contributed by atoms with Crippen LogP contribution in [0.1, 0.15) is 27.2 Å². The SMILES string of the molecule is CC(C)(C)CC(=O)O.S=C(S)S. The van der Waals surface area contributed by atoms with Gasteiger partial charge in [-0.25, -0.2) is 0 Å². The van der Waals surface area contributed by atoms with E-state index in [-0.39, 0.29) is 11.8 Å². The zero-order chi connectivity index (χ0) is 10.4. The van der Waals surface area contributed by atoms with Crippen molar-refractivity contribution in [3.8, 4) is 0 Å². The molecule has 2 nitrogen and oxygen atoms in total. The molecule has 0 spiro atoms. The van der Waals surface area contributed by atoms with Crippen molar-refractivity contribution in [3.05, 3.63) is 0 Å². The zero-order valence-corrected chi connectivity index (χ0v) is 9.97. The van der Waals surface area contributed by atoms with Crippen LogP contribution in [0.4, 0.5) is 0 Å². The second-order valence-electron chi connectivity index (χ2n) is 3.41. The Kier molecular flexibility index (Phi) is 8.30. The number of carboxylic acid groups (broad SMARTS) is 1. The standard InChI is InChI=1S/C6H12O2.CH2S3/c1-6(2,3)4-5(7)8;2-1(3)4/h4H2,1-3H3,(H,7,8);(H2,2,3,4). The van der Waals surface area contributed by atoms with E-state index in [1.807, 2.05) is 20.8 Å². The van der Waals surface area contributed by atoms with Gasteiger partial charge in [0.05, 0.1) is 9.95 Å². The molecule has 0 aliphatic carbocycles. The minimum Gasteiger partial charge on any atom is -0.481 e. The first kappa shape index (κ1) is 14.8. The number of hydrogen-bond donors (Lipinski definition) is 3. The fourth-order valence-electron chi connectivity index (χ4n) is 0.454. The van der Waals surface area contributed by atoms with E-state index in [0.29, 0.717) is 3.53 Å². The molecule has 1 N–H and O–H groups in total. The first-order valence-electron chi connectivity index (χ1n) is 3.29. The lowest BCUT2D eigenvalue weighted by Crippen LogP contribution is -2.11. The summed E-state index contributed by atoms with van der Waals surface area (Å²) in [6.45, 7) is 5.71. The van der Waals surface area contributed by atoms with Gasteiger partial charge >= 0.3 is 5.97 Å². The molecule has 0 aliphatic rings. The van der Waals surface area contributed by atoms with Gasteiger partial charge in [0, 0.05) is 0 Å². The lowest BCUT2D eigenvalue weighted by molar-refractivity contribution is -0.139. The summed E-state index contributed by atoms with van der Waals surface area (Å²) in [5.74, 6) is -0.725. The molecule has 0 rings (SSSR count). The summed E-state index contributed by atoms with van der Waals surface area (Å²) in [5, 5.41) is 8.25. The van der Waals surface area contributed by atoms with E-state index in [0.717, 1.165) is 0 Å². The van der Waals surface area contributed by atoms with Gasteiger partial charge in [-0.05, 0) is 5.41 Å². The van der Waals surface area contributed by atoms with Crippen molar-refractivity contribution in [3.63, 3.8) is 0 Å². The molecule has 0 bridgehead atoms. The molecule has 0 saturated heterocycles. The maximum atomic E-state index is 10.0. The number of aliphatic carboxylic acids is 1. The monoisotopic (exact) mass is 226 g/mol. The van der Waals surface area contributed by atoms with E-state index in [4.69, 9.17) is 5.11 Å². The molecule has 0 radical (unpaired) electrons. The highest BCUT2D eigenvalue weighted by atomic mass is 32.2. The van der Waals surface area contributed by atoms with E-state index in [9.17, 15) is 4.79 Å². The Hall–Kier alpha value is 0.260. The molecule has 0 unspecified atom stereocenters. The van der Waals surface area contributed by atoms with Gasteiger partial charge in [0.1, 0.15) is 0 Å². The average molecular weight is 226 g/mol. The smallest absolute Gasteiger partial charge is 0.303 e. The Balaban J connectivity index is 0. The van der Waals surface area contributed by atoms with Crippen molar-refractivity contribution in [1.29, 1.82) is 0 Å². The predicted octanol–water partition coefficient (Wildman–Crippen LogP) is 2.64. The van der Waals surface area contributed by atoms with Crippen LogP contribution in [-0.4, -0.2) is 14.6 Å². The highest BCUT2D eigenvalue weighted by Gasteiger charge is 2.13. The second kappa shape index (κ2) is 6.74. The maximum Gasteiger partial charge on any atom is 0.303 e. The van der Waals surface area contributed by atoms with E-state index < -0.39 is 5.97 Å². The third kappa shape index (κ3) is 31.8. The molecule has 0 aromatic rings. The molecule has 0 saturated carbocycles. The Bertz CT molecular complexity index is 157. The Morgan fingerprint density at radius 1 is 1.42 bits per heavy atom. The van der Waals surface area contributed by atoms with E-state index in [1.54, 1.807) is 0 Å². The average Bonchev–Trinajstić information content (AvgIpc) is 1.52. The van der Waals surface area contributed by atoms with Crippen LogP contribution in [0.3, 0.4) is 0 Å². The molecule has 0 aliphatic heterocycles. The predicted molar refractivity (Wildman–Crippen MR) is 62.3 cm³/mol. The van der Waals surface area contributed by atoms with Gasteiger partial charge < -0.3 is 5.11 Å². The zero-order valence-electron chi connectivity index (χ0n) is 7.37. The van der Waals surface area contributed by atoms with Gasteiger partial charge in [0.2, 0.25) is 0 Å². The van der Waals surface area contributed by atoms with Crippen LogP contribution in [0.2, 0.25) is 0 Å². The lowest BCUT2D eigenvalue weighted by Gasteiger charge is -2.13. The van der Waals surface area contributed by atoms with Crippen molar-refractivity contribution < 1.29 is 9.90 Å². The second-order valence-corrected chi connectivity index (χ2v) is 5.67. The van der Waals surface area contributed by atoms with Crippen LogP contribution < -0.4 is 0 Å². The van der Waals surface area contributed by atoms with Crippen molar-refractivity contribution in [2.75, 3.05) is 0 Å². The Labute approximate surface area is 89.6 Å². The minimum absolute atomic E-state index is 0.0775. The highest BCUT2D eigenvalue weighted by molar-refractivity contribution is 8.34. The van der Waals surface area contributed by atoms with Crippen LogP contribution in [0.5, 0.6) is 0 Å². The third-order valence-corrected chi connectivity index (χ3v) is 0.682. The summed E-state index contributed by atoms with van der Waals surface area (Å²) in [7, 11) is 0. The summed E-state index contributed by atoms with van der Waals surface area (Å²) in [6, 6.07) is 0. The van der Waals surface area contributed by atoms with Crippen LogP contribution in [0.25, 0.3) is 0 Å². The Morgan fingerprint density at radius 3 is 1.67 bits per heavy atom. The molecule has 0 heterocycles. The molecule has 0 fully saturated rings. The molecular formula is C7H14O2S3. The normalized spacial score (nSPS) is 9.75. The number of carboxylic acids is 1. The molecule has 5 heteroatoms. The van der Waals surface area contributed by atoms with Crippen molar-refractivity contribution >= 4 is 47.0 Å². The molecule has 0 atom stereocenters. The molecular weight excluding hydrogens is 212 g/mol. The third-order valence-electron chi connectivity index (χ3n) is 0.682. The highest BCUT2D eigenvalue weighted by Crippen LogP contribution is 2.17. The Morgan fingerprint density at radius 2 is 1.67 bits per heavy atom. The van der Waals surface area contributed by atoms with Crippen molar-refractivity contribution in [2.24, 2.45) is 5.41 Å². The molecule has 0 amide bonds.